The first-order valence-corrected chi connectivity index (χ1v) is 6.97. The molecule has 6 heteroatoms. The van der Waals surface area contributed by atoms with Gasteiger partial charge in [0.15, 0.2) is 0 Å². The Balaban J connectivity index is 2.19. The van der Waals surface area contributed by atoms with Crippen LogP contribution in [0.5, 0.6) is 5.88 Å². The number of carbonyl (C=O) groups is 1. The van der Waals surface area contributed by atoms with Gasteiger partial charge in [-0.3, -0.25) is 4.79 Å². The second-order valence-electron chi connectivity index (χ2n) is 4.46. The van der Waals surface area contributed by atoms with E-state index in [9.17, 15) is 4.79 Å². The Morgan fingerprint density at radius 2 is 2.10 bits per heavy atom. The first kappa shape index (κ1) is 15.6. The van der Waals surface area contributed by atoms with Crippen molar-refractivity contribution in [2.45, 2.75) is 6.54 Å². The average Bonchev–Trinajstić information content (AvgIpc) is 2.49. The number of carbonyl (C=O) groups excluding carboxylic acids is 1. The Morgan fingerprint density at radius 3 is 2.76 bits per heavy atom. The number of hydrogen-bond acceptors (Lipinski definition) is 3. The molecule has 1 aromatic carbocycles. The fourth-order valence-corrected chi connectivity index (χ4v) is 2.37. The van der Waals surface area contributed by atoms with Gasteiger partial charge in [0.2, 0.25) is 5.88 Å². The highest BCUT2D eigenvalue weighted by Gasteiger charge is 2.18. The number of methoxy groups -OCH3 is 1. The molecule has 0 unspecified atom stereocenters. The lowest BCUT2D eigenvalue weighted by Gasteiger charge is -2.19. The van der Waals surface area contributed by atoms with E-state index in [2.05, 4.69) is 4.98 Å². The van der Waals surface area contributed by atoms with Crippen LogP contribution < -0.4 is 4.74 Å². The van der Waals surface area contributed by atoms with Gasteiger partial charge in [-0.05, 0) is 29.8 Å². The molecule has 2 aromatic rings. The van der Waals surface area contributed by atoms with Crippen molar-refractivity contribution in [3.05, 3.63) is 57.7 Å². The molecule has 1 amide bonds. The summed E-state index contributed by atoms with van der Waals surface area (Å²) in [6, 6.07) is 8.56. The molecule has 21 heavy (non-hydrogen) atoms. The molecular weight excluding hydrogens is 311 g/mol. The van der Waals surface area contributed by atoms with Gasteiger partial charge < -0.3 is 9.64 Å². The van der Waals surface area contributed by atoms with Gasteiger partial charge in [0.1, 0.15) is 5.56 Å². The number of benzene rings is 1. The summed E-state index contributed by atoms with van der Waals surface area (Å²) >= 11 is 12.0. The molecular formula is C15H14Cl2N2O2. The minimum absolute atomic E-state index is 0.189. The topological polar surface area (TPSA) is 42.4 Å². The summed E-state index contributed by atoms with van der Waals surface area (Å²) in [5, 5.41) is 1.09. The highest BCUT2D eigenvalue weighted by molar-refractivity contribution is 6.35. The molecule has 0 radical (unpaired) electrons. The lowest BCUT2D eigenvalue weighted by Crippen LogP contribution is -2.27. The maximum Gasteiger partial charge on any atom is 0.259 e. The van der Waals surface area contributed by atoms with E-state index in [4.69, 9.17) is 27.9 Å². The van der Waals surface area contributed by atoms with Gasteiger partial charge in [0.25, 0.3) is 5.91 Å². The number of hydrogen-bond donors (Lipinski definition) is 0. The van der Waals surface area contributed by atoms with Crippen LogP contribution in [-0.2, 0) is 6.54 Å². The monoisotopic (exact) mass is 324 g/mol. The summed E-state index contributed by atoms with van der Waals surface area (Å²) in [5.74, 6) is 0.113. The summed E-state index contributed by atoms with van der Waals surface area (Å²) in [6.45, 7) is 0.368. The highest BCUT2D eigenvalue weighted by atomic mass is 35.5. The zero-order chi connectivity index (χ0) is 15.4. The summed E-state index contributed by atoms with van der Waals surface area (Å²) in [7, 11) is 3.18. The van der Waals surface area contributed by atoms with E-state index in [1.807, 2.05) is 0 Å². The molecule has 0 atom stereocenters. The number of amides is 1. The molecule has 0 saturated heterocycles. The van der Waals surface area contributed by atoms with Crippen molar-refractivity contribution in [3.8, 4) is 5.88 Å². The van der Waals surface area contributed by atoms with Crippen LogP contribution in [0.15, 0.2) is 36.5 Å². The van der Waals surface area contributed by atoms with Crippen molar-refractivity contribution in [1.29, 1.82) is 0 Å². The SMILES string of the molecule is COc1ncccc1C(=O)N(C)Cc1ccc(Cl)cc1Cl. The minimum Gasteiger partial charge on any atom is -0.480 e. The van der Waals surface area contributed by atoms with Crippen LogP contribution in [0.1, 0.15) is 15.9 Å². The Bertz CT molecular complexity index is 662. The Morgan fingerprint density at radius 1 is 1.33 bits per heavy atom. The van der Waals surface area contributed by atoms with Gasteiger partial charge >= 0.3 is 0 Å². The molecule has 1 aromatic heterocycles. The molecule has 0 aliphatic heterocycles. The molecule has 1 heterocycles. The smallest absolute Gasteiger partial charge is 0.259 e. The van der Waals surface area contributed by atoms with E-state index in [0.29, 0.717) is 28.0 Å². The number of aromatic nitrogens is 1. The summed E-state index contributed by atoms with van der Waals surface area (Å²) in [5.41, 5.74) is 1.23. The molecule has 0 spiro atoms. The first-order chi connectivity index (χ1) is 10.0. The van der Waals surface area contributed by atoms with E-state index in [-0.39, 0.29) is 5.91 Å². The molecule has 2 rings (SSSR count). The van der Waals surface area contributed by atoms with Gasteiger partial charge in [-0.15, -0.1) is 0 Å². The predicted molar refractivity (Wildman–Crippen MR) is 83.0 cm³/mol. The van der Waals surface area contributed by atoms with E-state index in [1.54, 1.807) is 48.5 Å². The third-order valence-corrected chi connectivity index (χ3v) is 3.55. The first-order valence-electron chi connectivity index (χ1n) is 6.21. The Labute approximate surface area is 133 Å². The van der Waals surface area contributed by atoms with Gasteiger partial charge in [0, 0.05) is 29.8 Å². The van der Waals surface area contributed by atoms with E-state index >= 15 is 0 Å². The van der Waals surface area contributed by atoms with Crippen molar-refractivity contribution in [1.82, 2.24) is 9.88 Å². The van der Waals surface area contributed by atoms with Gasteiger partial charge in [-0.2, -0.15) is 0 Å². The predicted octanol–water partition coefficient (Wildman–Crippen LogP) is 3.67. The highest BCUT2D eigenvalue weighted by Crippen LogP contribution is 2.23. The van der Waals surface area contributed by atoms with Crippen molar-refractivity contribution in [2.75, 3.05) is 14.2 Å². The molecule has 0 aliphatic rings. The lowest BCUT2D eigenvalue weighted by atomic mass is 10.2. The zero-order valence-electron chi connectivity index (χ0n) is 11.6. The molecule has 0 saturated carbocycles. The fraction of sp³-hybridized carbons (Fsp3) is 0.200. The van der Waals surface area contributed by atoms with Crippen LogP contribution in [0.4, 0.5) is 0 Å². The van der Waals surface area contributed by atoms with Crippen LogP contribution in [0, 0.1) is 0 Å². The van der Waals surface area contributed by atoms with Crippen LogP contribution >= 0.6 is 23.2 Å². The van der Waals surface area contributed by atoms with Crippen LogP contribution in [0.25, 0.3) is 0 Å². The second kappa shape index (κ2) is 6.78. The Hall–Kier alpha value is -1.78. The number of nitrogens with zero attached hydrogens (tertiary/aromatic N) is 2. The van der Waals surface area contributed by atoms with Crippen molar-refractivity contribution >= 4 is 29.1 Å². The molecule has 4 nitrogen and oxygen atoms in total. The van der Waals surface area contributed by atoms with E-state index in [1.165, 1.54) is 7.11 Å². The second-order valence-corrected chi connectivity index (χ2v) is 5.30. The summed E-state index contributed by atoms with van der Waals surface area (Å²) in [4.78, 5) is 18.0. The quantitative estimate of drug-likeness (QED) is 0.861. The number of rotatable bonds is 4. The molecule has 0 fully saturated rings. The molecule has 0 bridgehead atoms. The Kier molecular flexibility index (Phi) is 5.04. The van der Waals surface area contributed by atoms with Crippen molar-refractivity contribution in [2.24, 2.45) is 0 Å². The average molecular weight is 325 g/mol. The standard InChI is InChI=1S/C15H14Cl2N2O2/c1-19(9-10-5-6-11(16)8-13(10)17)15(20)12-4-3-7-18-14(12)21-2/h3-8H,9H2,1-2H3. The molecule has 110 valence electrons. The van der Waals surface area contributed by atoms with Gasteiger partial charge in [-0.25, -0.2) is 4.98 Å². The van der Waals surface area contributed by atoms with E-state index in [0.717, 1.165) is 5.56 Å². The number of ether oxygens (including phenoxy) is 1. The van der Waals surface area contributed by atoms with Crippen LogP contribution in [0.3, 0.4) is 0 Å². The third kappa shape index (κ3) is 3.65. The lowest BCUT2D eigenvalue weighted by molar-refractivity contribution is 0.0781. The fourth-order valence-electron chi connectivity index (χ4n) is 1.90. The summed E-state index contributed by atoms with van der Waals surface area (Å²) < 4.78 is 5.10. The zero-order valence-corrected chi connectivity index (χ0v) is 13.1. The van der Waals surface area contributed by atoms with Crippen molar-refractivity contribution < 1.29 is 9.53 Å². The van der Waals surface area contributed by atoms with Crippen LogP contribution in [0.2, 0.25) is 10.0 Å². The van der Waals surface area contributed by atoms with Crippen molar-refractivity contribution in [3.63, 3.8) is 0 Å². The molecule has 0 N–H and O–H groups in total. The van der Waals surface area contributed by atoms with E-state index < -0.39 is 0 Å². The third-order valence-electron chi connectivity index (χ3n) is 2.96. The maximum atomic E-state index is 12.4. The number of halogens is 2. The maximum absolute atomic E-state index is 12.4. The van der Waals surface area contributed by atoms with Crippen LogP contribution in [-0.4, -0.2) is 29.9 Å². The van der Waals surface area contributed by atoms with Gasteiger partial charge in [-0.1, -0.05) is 29.3 Å². The number of pyridine rings is 1. The largest absolute Gasteiger partial charge is 0.480 e. The normalized spacial score (nSPS) is 10.3. The molecule has 0 aliphatic carbocycles. The summed E-state index contributed by atoms with van der Waals surface area (Å²) in [6.07, 6.45) is 1.58. The van der Waals surface area contributed by atoms with Gasteiger partial charge in [0.05, 0.1) is 7.11 Å². The minimum atomic E-state index is -0.189.